The summed E-state index contributed by atoms with van der Waals surface area (Å²) in [6, 6.07) is 0.661. The van der Waals surface area contributed by atoms with Gasteiger partial charge in [-0.3, -0.25) is 0 Å². The Kier molecular flexibility index (Phi) is 6.01. The summed E-state index contributed by atoms with van der Waals surface area (Å²) in [7, 11) is 4.14. The van der Waals surface area contributed by atoms with Gasteiger partial charge < -0.3 is 10.1 Å². The molecular formula is C32H55NO. The molecule has 0 aromatic carbocycles. The molecule has 0 saturated heterocycles. The maximum atomic E-state index is 5.97. The van der Waals surface area contributed by atoms with Crippen molar-refractivity contribution >= 4 is 0 Å². The molecule has 2 nitrogen and oxygen atoms in total. The fraction of sp³-hybridized carbons (Fsp3) is 0.938. The molecule has 0 aliphatic heterocycles. The second-order valence-electron chi connectivity index (χ2n) is 15.1. The van der Waals surface area contributed by atoms with Gasteiger partial charge in [-0.2, -0.15) is 0 Å². The molecule has 0 aromatic heterocycles. The summed E-state index contributed by atoms with van der Waals surface area (Å²) in [6.45, 7) is 19.4. The average molecular weight is 470 g/mol. The van der Waals surface area contributed by atoms with Gasteiger partial charge in [0.05, 0.1) is 6.61 Å². The van der Waals surface area contributed by atoms with Crippen LogP contribution in [0.15, 0.2) is 11.6 Å². The molecule has 3 unspecified atom stereocenters. The van der Waals surface area contributed by atoms with Gasteiger partial charge in [0.1, 0.15) is 0 Å². The minimum Gasteiger partial charge on any atom is -0.384 e. The third-order valence-electron chi connectivity index (χ3n) is 14.0. The molecule has 5 aliphatic rings. The summed E-state index contributed by atoms with van der Waals surface area (Å²) in [4.78, 5) is 0. The SMILES string of the molecule is CN[C@@H]1CC[C@@]2(C)C(CC[C@]3(C)C2CC=C2C4[C@@H](C)[C@H](C)CC[C@]4(COC)CC[C@]23C)C1(C)C. The zero-order valence-corrected chi connectivity index (χ0v) is 24.0. The molecule has 4 fully saturated rings. The lowest BCUT2D eigenvalue weighted by Crippen LogP contribution is -2.66. The van der Waals surface area contributed by atoms with Crippen LogP contribution in [0.1, 0.15) is 106 Å². The Morgan fingerprint density at radius 1 is 0.912 bits per heavy atom. The molecule has 0 aromatic rings. The zero-order valence-electron chi connectivity index (χ0n) is 24.0. The minimum absolute atomic E-state index is 0.348. The maximum absolute atomic E-state index is 5.97. The number of fused-ring (bicyclic) bond motifs is 7. The van der Waals surface area contributed by atoms with E-state index in [2.05, 4.69) is 66.9 Å². The van der Waals surface area contributed by atoms with Crippen LogP contribution < -0.4 is 5.32 Å². The molecule has 2 heteroatoms. The first kappa shape index (κ1) is 25.3. The largest absolute Gasteiger partial charge is 0.384 e. The summed E-state index contributed by atoms with van der Waals surface area (Å²) in [5.74, 6) is 3.96. The van der Waals surface area contributed by atoms with Gasteiger partial charge in [0, 0.05) is 18.6 Å². The molecule has 194 valence electrons. The normalized spacial score (nSPS) is 54.2. The van der Waals surface area contributed by atoms with E-state index in [4.69, 9.17) is 4.74 Å². The van der Waals surface area contributed by atoms with Crippen molar-refractivity contribution in [3.05, 3.63) is 11.6 Å². The van der Waals surface area contributed by atoms with Gasteiger partial charge >= 0.3 is 0 Å². The van der Waals surface area contributed by atoms with Gasteiger partial charge in [-0.1, -0.05) is 60.1 Å². The first-order chi connectivity index (χ1) is 15.9. The first-order valence-electron chi connectivity index (χ1n) is 14.8. The van der Waals surface area contributed by atoms with Crippen LogP contribution in [0.3, 0.4) is 0 Å². The van der Waals surface area contributed by atoms with Crippen molar-refractivity contribution in [3.8, 4) is 0 Å². The van der Waals surface area contributed by atoms with Crippen molar-refractivity contribution < 1.29 is 4.74 Å². The van der Waals surface area contributed by atoms with Crippen LogP contribution in [0.25, 0.3) is 0 Å². The quantitative estimate of drug-likeness (QED) is 0.424. The van der Waals surface area contributed by atoms with Crippen LogP contribution in [0.4, 0.5) is 0 Å². The van der Waals surface area contributed by atoms with Crippen molar-refractivity contribution in [3.63, 3.8) is 0 Å². The highest BCUT2D eigenvalue weighted by molar-refractivity contribution is 5.34. The molecule has 0 heterocycles. The lowest BCUT2D eigenvalue weighted by molar-refractivity contribution is -0.190. The van der Waals surface area contributed by atoms with Gasteiger partial charge in [0.2, 0.25) is 0 Å². The van der Waals surface area contributed by atoms with Crippen molar-refractivity contribution in [1.29, 1.82) is 0 Å². The van der Waals surface area contributed by atoms with Gasteiger partial charge in [-0.05, 0) is 116 Å². The zero-order chi connectivity index (χ0) is 24.7. The predicted octanol–water partition coefficient (Wildman–Crippen LogP) is 7.88. The Hall–Kier alpha value is -0.340. The minimum atomic E-state index is 0.348. The van der Waals surface area contributed by atoms with Gasteiger partial charge in [-0.25, -0.2) is 0 Å². The van der Waals surface area contributed by atoms with E-state index in [0.29, 0.717) is 33.1 Å². The molecule has 0 bridgehead atoms. The van der Waals surface area contributed by atoms with E-state index in [0.717, 1.165) is 36.2 Å². The number of hydrogen-bond donors (Lipinski definition) is 1. The highest BCUT2D eigenvalue weighted by Gasteiger charge is 2.68. The third-order valence-corrected chi connectivity index (χ3v) is 14.0. The lowest BCUT2D eigenvalue weighted by Gasteiger charge is -2.72. The number of nitrogens with one attached hydrogen (secondary N) is 1. The lowest BCUT2D eigenvalue weighted by atomic mass is 9.33. The second-order valence-corrected chi connectivity index (χ2v) is 15.1. The van der Waals surface area contributed by atoms with Crippen LogP contribution >= 0.6 is 0 Å². The van der Waals surface area contributed by atoms with E-state index in [1.165, 1.54) is 57.8 Å². The number of ether oxygens (including phenoxy) is 1. The van der Waals surface area contributed by atoms with E-state index < -0.39 is 0 Å². The maximum Gasteiger partial charge on any atom is 0.0524 e. The average Bonchev–Trinajstić information content (AvgIpc) is 2.77. The number of hydrogen-bond acceptors (Lipinski definition) is 2. The number of methoxy groups -OCH3 is 1. The highest BCUT2D eigenvalue weighted by Crippen LogP contribution is 2.75. The molecule has 5 aliphatic carbocycles. The van der Waals surface area contributed by atoms with E-state index >= 15 is 0 Å². The Balaban J connectivity index is 1.58. The van der Waals surface area contributed by atoms with Crippen molar-refractivity contribution in [2.75, 3.05) is 20.8 Å². The molecule has 0 radical (unpaired) electrons. The number of rotatable bonds is 3. The second kappa shape index (κ2) is 8.08. The standard InChI is InChI=1S/C32H55NO/c1-21-12-17-32(20-34-9)19-18-30(6)23(27(32)22(21)2)10-11-25-29(5)15-14-26(33-8)28(3,4)24(29)13-16-31(25,30)7/h10,21-22,24-27,33H,11-20H2,1-9H3/t21-,22+,24?,25?,26-,27?,29+,30-,31-,32-/m1/s1. The Morgan fingerprint density at radius 3 is 2.32 bits per heavy atom. The Bertz CT molecular complexity index is 831. The van der Waals surface area contributed by atoms with E-state index in [1.807, 2.05) is 12.7 Å². The number of allylic oxidation sites excluding steroid dienone is 2. The molecular weight excluding hydrogens is 414 g/mol. The van der Waals surface area contributed by atoms with Gasteiger partial charge in [0.25, 0.3) is 0 Å². The van der Waals surface area contributed by atoms with Crippen molar-refractivity contribution in [1.82, 2.24) is 5.32 Å². The van der Waals surface area contributed by atoms with Crippen molar-refractivity contribution in [2.45, 2.75) is 112 Å². The molecule has 5 rings (SSSR count). The van der Waals surface area contributed by atoms with Gasteiger partial charge in [-0.15, -0.1) is 0 Å². The summed E-state index contributed by atoms with van der Waals surface area (Å²) >= 11 is 0. The molecule has 34 heavy (non-hydrogen) atoms. The summed E-state index contributed by atoms with van der Waals surface area (Å²) in [6.07, 6.45) is 15.2. The van der Waals surface area contributed by atoms with Gasteiger partial charge in [0.15, 0.2) is 0 Å². The van der Waals surface area contributed by atoms with Crippen molar-refractivity contribution in [2.24, 2.45) is 56.7 Å². The van der Waals surface area contributed by atoms with Crippen LogP contribution in [0.2, 0.25) is 0 Å². The molecule has 10 atom stereocenters. The summed E-state index contributed by atoms with van der Waals surface area (Å²) < 4.78 is 5.97. The fourth-order valence-electron chi connectivity index (χ4n) is 11.7. The Morgan fingerprint density at radius 2 is 1.65 bits per heavy atom. The van der Waals surface area contributed by atoms with Crippen LogP contribution in [-0.4, -0.2) is 26.8 Å². The molecule has 0 amide bonds. The topological polar surface area (TPSA) is 21.3 Å². The summed E-state index contributed by atoms with van der Waals surface area (Å²) in [5.41, 5.74) is 3.86. The van der Waals surface area contributed by atoms with E-state index in [-0.39, 0.29) is 0 Å². The smallest absolute Gasteiger partial charge is 0.0524 e. The molecule has 0 spiro atoms. The molecule has 4 saturated carbocycles. The van der Waals surface area contributed by atoms with Crippen LogP contribution in [-0.2, 0) is 4.74 Å². The summed E-state index contributed by atoms with van der Waals surface area (Å²) in [5, 5.41) is 3.71. The Labute approximate surface area is 211 Å². The fourth-order valence-corrected chi connectivity index (χ4v) is 11.7. The third kappa shape index (κ3) is 3.06. The first-order valence-corrected chi connectivity index (χ1v) is 14.8. The van der Waals surface area contributed by atoms with Crippen LogP contribution in [0, 0.1) is 56.7 Å². The van der Waals surface area contributed by atoms with E-state index in [9.17, 15) is 0 Å². The van der Waals surface area contributed by atoms with E-state index in [1.54, 1.807) is 0 Å². The predicted molar refractivity (Wildman–Crippen MR) is 144 cm³/mol. The van der Waals surface area contributed by atoms with Crippen LogP contribution in [0.5, 0.6) is 0 Å². The molecule has 1 N–H and O–H groups in total. The highest BCUT2D eigenvalue weighted by atomic mass is 16.5. The monoisotopic (exact) mass is 469 g/mol.